The summed E-state index contributed by atoms with van der Waals surface area (Å²) in [5, 5.41) is 19.4. The number of anilines is 2. The Hall–Kier alpha value is -5.27. The number of primary amides is 1. The van der Waals surface area contributed by atoms with Crippen molar-refractivity contribution in [3.05, 3.63) is 71.5 Å². The van der Waals surface area contributed by atoms with Crippen molar-refractivity contribution in [2.45, 2.75) is 6.54 Å². The van der Waals surface area contributed by atoms with Gasteiger partial charge in [-0.2, -0.15) is 9.78 Å². The fourth-order valence-corrected chi connectivity index (χ4v) is 3.15. The molecule has 2 amide bonds. The normalized spacial score (nSPS) is 10.9. The number of hydrogen-bond donors (Lipinski definition) is 3. The van der Waals surface area contributed by atoms with Crippen LogP contribution >= 0.6 is 0 Å². The van der Waals surface area contributed by atoms with E-state index in [9.17, 15) is 9.59 Å². The third-order valence-corrected chi connectivity index (χ3v) is 4.90. The molecule has 36 heavy (non-hydrogen) atoms. The Balaban J connectivity index is 1.51. The zero-order valence-corrected chi connectivity index (χ0v) is 19.1. The second kappa shape index (κ2) is 10.8. The van der Waals surface area contributed by atoms with Crippen molar-refractivity contribution < 1.29 is 19.0 Å². The Morgan fingerprint density at radius 1 is 1.17 bits per heavy atom. The molecular weight excluding hydrogens is 468 g/mol. The van der Waals surface area contributed by atoms with Crippen molar-refractivity contribution in [3.8, 4) is 11.6 Å². The van der Waals surface area contributed by atoms with Gasteiger partial charge in [0.2, 0.25) is 11.6 Å². The topological polar surface area (TPSA) is 193 Å². The van der Waals surface area contributed by atoms with Crippen LogP contribution < -0.4 is 26.5 Å². The van der Waals surface area contributed by atoms with Crippen LogP contribution in [0.3, 0.4) is 0 Å². The number of benzene rings is 2. The van der Waals surface area contributed by atoms with Gasteiger partial charge in [-0.3, -0.25) is 9.59 Å². The summed E-state index contributed by atoms with van der Waals surface area (Å²) in [6.45, 7) is 0.0184. The molecular formula is C22H22N10O4. The molecule has 0 spiro atoms. The van der Waals surface area contributed by atoms with Gasteiger partial charge in [-0.25, -0.2) is 10.1 Å². The van der Waals surface area contributed by atoms with Gasteiger partial charge in [0.15, 0.2) is 12.3 Å². The minimum atomic E-state index is -0.592. The Morgan fingerprint density at radius 3 is 2.58 bits per heavy atom. The van der Waals surface area contributed by atoms with Crippen molar-refractivity contribution >= 4 is 29.5 Å². The number of nitrogens with one attached hydrogen (secondary N) is 1. The number of nitrogen functional groups attached to an aromatic ring is 1. The van der Waals surface area contributed by atoms with Gasteiger partial charge in [0, 0.05) is 12.7 Å². The van der Waals surface area contributed by atoms with E-state index in [-0.39, 0.29) is 30.5 Å². The molecule has 0 bridgehead atoms. The number of carbonyl (C=O) groups excluding carboxylic acids is 2. The van der Waals surface area contributed by atoms with Crippen LogP contribution in [0.2, 0.25) is 0 Å². The molecule has 14 heteroatoms. The highest BCUT2D eigenvalue weighted by molar-refractivity contribution is 5.94. The number of aromatic nitrogens is 5. The molecule has 184 valence electrons. The van der Waals surface area contributed by atoms with Gasteiger partial charge in [-0.1, -0.05) is 23.4 Å². The fraction of sp³-hybridized carbons (Fsp3) is 0.136. The van der Waals surface area contributed by atoms with Crippen molar-refractivity contribution in [2.24, 2.45) is 10.8 Å². The molecule has 0 saturated heterocycles. The summed E-state index contributed by atoms with van der Waals surface area (Å²) in [7, 11) is 1.85. The number of para-hydroxylation sites is 1. The molecule has 0 radical (unpaired) electrons. The van der Waals surface area contributed by atoms with Gasteiger partial charge < -0.3 is 21.1 Å². The summed E-state index contributed by atoms with van der Waals surface area (Å²) in [5.74, 6) is -0.584. The van der Waals surface area contributed by atoms with Crippen LogP contribution in [0.1, 0.15) is 21.7 Å². The fourth-order valence-electron chi connectivity index (χ4n) is 3.15. The molecule has 5 N–H and O–H groups in total. The van der Waals surface area contributed by atoms with E-state index in [2.05, 4.69) is 35.8 Å². The first kappa shape index (κ1) is 23.9. The lowest BCUT2D eigenvalue weighted by molar-refractivity contribution is -0.119. The highest BCUT2D eigenvalue weighted by atomic mass is 16.6. The molecule has 4 aromatic rings. The van der Waals surface area contributed by atoms with Crippen molar-refractivity contribution in [1.29, 1.82) is 0 Å². The SMILES string of the molecule is CN(Cc1c(C(=O)N/N=C\c2ccc(OCC(N)=O)cc2)nnn1-c1nonc1N)c1ccccc1. The number of nitrogens with two attached hydrogens (primary N) is 2. The van der Waals surface area contributed by atoms with E-state index >= 15 is 0 Å². The summed E-state index contributed by atoms with van der Waals surface area (Å²) in [6.07, 6.45) is 1.44. The summed E-state index contributed by atoms with van der Waals surface area (Å²) < 4.78 is 11.2. The smallest absolute Gasteiger partial charge is 0.293 e. The first-order chi connectivity index (χ1) is 17.4. The monoisotopic (exact) mass is 490 g/mol. The van der Waals surface area contributed by atoms with E-state index in [0.29, 0.717) is 17.0 Å². The molecule has 0 aliphatic rings. The molecule has 4 rings (SSSR count). The number of nitrogens with zero attached hydrogens (tertiary/aromatic N) is 7. The molecule has 2 heterocycles. The van der Waals surface area contributed by atoms with Crippen LogP contribution in [0, 0.1) is 0 Å². The molecule has 0 atom stereocenters. The summed E-state index contributed by atoms with van der Waals surface area (Å²) >= 11 is 0. The molecule has 2 aromatic carbocycles. The third-order valence-electron chi connectivity index (χ3n) is 4.90. The first-order valence-electron chi connectivity index (χ1n) is 10.6. The predicted octanol–water partition coefficient (Wildman–Crippen LogP) is 0.497. The second-order valence-corrected chi connectivity index (χ2v) is 7.48. The zero-order valence-electron chi connectivity index (χ0n) is 19.1. The molecule has 0 fully saturated rings. The molecule has 0 aliphatic heterocycles. The standard InChI is InChI=1S/C22H22N10O4/c1-31(15-5-3-2-4-6-15)12-17-19(26-30-32(17)21-20(24)28-36-29-21)22(34)27-25-11-14-7-9-16(10-8-14)35-13-18(23)33/h2-11H,12-13H2,1H3,(H2,23,33)(H2,24,28)(H,27,34)/b25-11-. The quantitative estimate of drug-likeness (QED) is 0.208. The molecule has 14 nitrogen and oxygen atoms in total. The highest BCUT2D eigenvalue weighted by Crippen LogP contribution is 2.20. The average molecular weight is 490 g/mol. The second-order valence-electron chi connectivity index (χ2n) is 7.48. The van der Waals surface area contributed by atoms with Gasteiger partial charge in [0.25, 0.3) is 11.8 Å². The third kappa shape index (κ3) is 5.61. The first-order valence-corrected chi connectivity index (χ1v) is 10.6. The summed E-state index contributed by atoms with van der Waals surface area (Å²) in [6, 6.07) is 16.2. The van der Waals surface area contributed by atoms with Crippen LogP contribution in [0.4, 0.5) is 11.5 Å². The van der Waals surface area contributed by atoms with Gasteiger partial charge in [-0.05, 0) is 52.3 Å². The molecule has 2 aromatic heterocycles. The number of amides is 2. The van der Waals surface area contributed by atoms with E-state index in [1.807, 2.05) is 42.3 Å². The van der Waals surface area contributed by atoms with Crippen LogP contribution in [-0.4, -0.2) is 57.0 Å². The van der Waals surface area contributed by atoms with Gasteiger partial charge >= 0.3 is 0 Å². The Kier molecular flexibility index (Phi) is 7.14. The van der Waals surface area contributed by atoms with E-state index in [0.717, 1.165) is 5.69 Å². The van der Waals surface area contributed by atoms with Gasteiger partial charge in [0.05, 0.1) is 18.5 Å². The van der Waals surface area contributed by atoms with Gasteiger partial charge in [0.1, 0.15) is 5.75 Å². The lowest BCUT2D eigenvalue weighted by atomic mass is 10.2. The molecule has 0 aliphatic carbocycles. The molecule has 0 unspecified atom stereocenters. The van der Waals surface area contributed by atoms with E-state index in [1.54, 1.807) is 24.3 Å². The Bertz CT molecular complexity index is 1370. The minimum absolute atomic E-state index is 0.00301. The number of carbonyl (C=O) groups is 2. The highest BCUT2D eigenvalue weighted by Gasteiger charge is 2.25. The average Bonchev–Trinajstić information content (AvgIpc) is 3.49. The van der Waals surface area contributed by atoms with Crippen LogP contribution in [0.25, 0.3) is 5.82 Å². The van der Waals surface area contributed by atoms with Crippen LogP contribution in [0.5, 0.6) is 5.75 Å². The van der Waals surface area contributed by atoms with Crippen molar-refractivity contribution in [2.75, 3.05) is 24.3 Å². The van der Waals surface area contributed by atoms with E-state index < -0.39 is 11.8 Å². The number of ether oxygens (including phenoxy) is 1. The maximum atomic E-state index is 12.9. The van der Waals surface area contributed by atoms with Crippen LogP contribution in [-0.2, 0) is 11.3 Å². The summed E-state index contributed by atoms with van der Waals surface area (Å²) in [5.41, 5.74) is 15.3. The number of hydrogen-bond acceptors (Lipinski definition) is 11. The lowest BCUT2D eigenvalue weighted by Gasteiger charge is -2.19. The van der Waals surface area contributed by atoms with Crippen molar-refractivity contribution in [1.82, 2.24) is 30.7 Å². The lowest BCUT2D eigenvalue weighted by Crippen LogP contribution is -2.24. The summed E-state index contributed by atoms with van der Waals surface area (Å²) in [4.78, 5) is 25.6. The largest absolute Gasteiger partial charge is 0.484 e. The van der Waals surface area contributed by atoms with Crippen LogP contribution in [0.15, 0.2) is 64.3 Å². The van der Waals surface area contributed by atoms with Crippen molar-refractivity contribution in [3.63, 3.8) is 0 Å². The van der Waals surface area contributed by atoms with Gasteiger partial charge in [-0.15, -0.1) is 5.10 Å². The maximum absolute atomic E-state index is 12.9. The minimum Gasteiger partial charge on any atom is -0.484 e. The molecule has 0 saturated carbocycles. The predicted molar refractivity (Wildman–Crippen MR) is 128 cm³/mol. The number of rotatable bonds is 10. The zero-order chi connectivity index (χ0) is 25.5. The maximum Gasteiger partial charge on any atom is 0.293 e. The Labute approximate surface area is 204 Å². The number of hydrazone groups is 1. The van der Waals surface area contributed by atoms with E-state index in [4.69, 9.17) is 16.2 Å². The Morgan fingerprint density at radius 2 is 1.92 bits per heavy atom. The van der Waals surface area contributed by atoms with E-state index in [1.165, 1.54) is 10.9 Å².